The topological polar surface area (TPSA) is 71.1 Å². The Bertz CT molecular complexity index is 911. The van der Waals surface area contributed by atoms with Gasteiger partial charge < -0.3 is 10.6 Å². The van der Waals surface area contributed by atoms with Crippen molar-refractivity contribution in [3.8, 4) is 0 Å². The minimum atomic E-state index is -0.284. The van der Waals surface area contributed by atoms with Gasteiger partial charge in [0.25, 0.3) is 5.91 Å². The number of hydrogen-bond acceptors (Lipinski definition) is 4. The number of pyridine rings is 1. The van der Waals surface area contributed by atoms with Crippen LogP contribution >= 0.6 is 22.9 Å². The van der Waals surface area contributed by atoms with Crippen LogP contribution in [0.15, 0.2) is 60.1 Å². The van der Waals surface area contributed by atoms with E-state index in [1.54, 1.807) is 47.7 Å². The van der Waals surface area contributed by atoms with E-state index >= 15 is 0 Å². The molecule has 0 bridgehead atoms. The van der Waals surface area contributed by atoms with Crippen molar-refractivity contribution in [2.45, 2.75) is 19.3 Å². The Balaban J connectivity index is 1.53. The van der Waals surface area contributed by atoms with Gasteiger partial charge in [0.05, 0.1) is 11.9 Å². The zero-order valence-electron chi connectivity index (χ0n) is 14.4. The molecule has 138 valence electrons. The molecule has 0 unspecified atom stereocenters. The summed E-state index contributed by atoms with van der Waals surface area (Å²) in [6.45, 7) is 0. The van der Waals surface area contributed by atoms with E-state index in [0.29, 0.717) is 28.5 Å². The van der Waals surface area contributed by atoms with Crippen LogP contribution in [-0.4, -0.2) is 16.8 Å². The molecule has 27 heavy (non-hydrogen) atoms. The summed E-state index contributed by atoms with van der Waals surface area (Å²) in [5.41, 5.74) is 1.59. The molecule has 0 atom stereocenters. The number of halogens is 1. The molecule has 2 amide bonds. The number of rotatable bonds is 7. The largest absolute Gasteiger partial charge is 0.326 e. The van der Waals surface area contributed by atoms with Crippen LogP contribution in [0.3, 0.4) is 0 Å². The van der Waals surface area contributed by atoms with E-state index in [2.05, 4.69) is 21.7 Å². The van der Waals surface area contributed by atoms with Crippen molar-refractivity contribution in [2.24, 2.45) is 0 Å². The Labute approximate surface area is 166 Å². The average Bonchev–Trinajstić information content (AvgIpc) is 3.17. The van der Waals surface area contributed by atoms with Gasteiger partial charge in [-0.15, -0.1) is 11.3 Å². The van der Waals surface area contributed by atoms with Crippen molar-refractivity contribution in [3.05, 3.63) is 75.7 Å². The zero-order valence-corrected chi connectivity index (χ0v) is 16.0. The minimum absolute atomic E-state index is 0.0639. The predicted octanol–water partition coefficient (Wildman–Crippen LogP) is 5.01. The minimum Gasteiger partial charge on any atom is -0.326 e. The molecule has 1 aromatic carbocycles. The van der Waals surface area contributed by atoms with Crippen LogP contribution in [0.2, 0.25) is 5.15 Å². The SMILES string of the molecule is O=C(CCCc1cccs1)Nc1cccc(C(=O)Nc2ccc(Cl)nc2)c1. The summed E-state index contributed by atoms with van der Waals surface area (Å²) in [6.07, 6.45) is 3.60. The Hall–Kier alpha value is -2.70. The lowest BCUT2D eigenvalue weighted by Gasteiger charge is -2.08. The maximum Gasteiger partial charge on any atom is 0.255 e. The highest BCUT2D eigenvalue weighted by molar-refractivity contribution is 7.09. The summed E-state index contributed by atoms with van der Waals surface area (Å²) in [6, 6.07) is 14.2. The summed E-state index contributed by atoms with van der Waals surface area (Å²) >= 11 is 7.43. The van der Waals surface area contributed by atoms with E-state index in [9.17, 15) is 9.59 Å². The first-order valence-corrected chi connectivity index (χ1v) is 9.71. The van der Waals surface area contributed by atoms with Crippen LogP contribution in [0, 0.1) is 0 Å². The van der Waals surface area contributed by atoms with E-state index in [1.807, 2.05) is 11.4 Å². The number of benzene rings is 1. The second-order valence-corrected chi connectivity index (χ2v) is 7.31. The maximum absolute atomic E-state index is 12.4. The Morgan fingerprint density at radius 3 is 2.67 bits per heavy atom. The third-order valence-corrected chi connectivity index (χ3v) is 4.96. The van der Waals surface area contributed by atoms with Gasteiger partial charge in [0.15, 0.2) is 0 Å². The highest BCUT2D eigenvalue weighted by atomic mass is 35.5. The van der Waals surface area contributed by atoms with Gasteiger partial charge in [0, 0.05) is 22.5 Å². The van der Waals surface area contributed by atoms with E-state index < -0.39 is 0 Å². The number of amides is 2. The quantitative estimate of drug-likeness (QED) is 0.548. The summed E-state index contributed by atoms with van der Waals surface area (Å²) in [7, 11) is 0. The molecule has 0 fully saturated rings. The van der Waals surface area contributed by atoms with Crippen LogP contribution in [0.4, 0.5) is 11.4 Å². The van der Waals surface area contributed by atoms with Crippen LogP contribution in [-0.2, 0) is 11.2 Å². The molecular weight excluding hydrogens is 382 g/mol. The number of hydrogen-bond donors (Lipinski definition) is 2. The van der Waals surface area contributed by atoms with Crippen LogP contribution in [0.5, 0.6) is 0 Å². The molecule has 0 spiro atoms. The van der Waals surface area contributed by atoms with Gasteiger partial charge in [-0.3, -0.25) is 9.59 Å². The third kappa shape index (κ3) is 5.91. The molecule has 7 heteroatoms. The number of aryl methyl sites for hydroxylation is 1. The first-order valence-electron chi connectivity index (χ1n) is 8.45. The second-order valence-electron chi connectivity index (χ2n) is 5.89. The molecule has 2 N–H and O–H groups in total. The molecule has 2 heterocycles. The lowest BCUT2D eigenvalue weighted by atomic mass is 10.1. The molecule has 3 aromatic rings. The number of nitrogens with one attached hydrogen (secondary N) is 2. The van der Waals surface area contributed by atoms with Gasteiger partial charge in [-0.05, 0) is 54.6 Å². The van der Waals surface area contributed by atoms with Crippen LogP contribution in [0.1, 0.15) is 28.1 Å². The lowest BCUT2D eigenvalue weighted by Crippen LogP contribution is -2.14. The molecule has 2 aromatic heterocycles. The molecule has 5 nitrogen and oxygen atoms in total. The van der Waals surface area contributed by atoms with Gasteiger partial charge in [0.2, 0.25) is 5.91 Å². The molecule has 0 saturated heterocycles. The summed E-state index contributed by atoms with van der Waals surface area (Å²) < 4.78 is 0. The fourth-order valence-corrected chi connectivity index (χ4v) is 3.36. The van der Waals surface area contributed by atoms with Crippen molar-refractivity contribution in [2.75, 3.05) is 10.6 Å². The Kier molecular flexibility index (Phi) is 6.57. The van der Waals surface area contributed by atoms with Gasteiger partial charge >= 0.3 is 0 Å². The molecule has 0 aliphatic heterocycles. The number of carbonyl (C=O) groups is 2. The highest BCUT2D eigenvalue weighted by Crippen LogP contribution is 2.16. The van der Waals surface area contributed by atoms with E-state index in [-0.39, 0.29) is 11.8 Å². The van der Waals surface area contributed by atoms with Gasteiger partial charge in [0.1, 0.15) is 5.15 Å². The number of anilines is 2. The monoisotopic (exact) mass is 399 g/mol. The smallest absolute Gasteiger partial charge is 0.255 e. The maximum atomic E-state index is 12.4. The molecule has 0 aliphatic carbocycles. The third-order valence-electron chi connectivity index (χ3n) is 3.80. The van der Waals surface area contributed by atoms with Crippen molar-refractivity contribution >= 4 is 46.1 Å². The zero-order chi connectivity index (χ0) is 19.1. The number of thiophene rings is 1. The lowest BCUT2D eigenvalue weighted by molar-refractivity contribution is -0.116. The first-order chi connectivity index (χ1) is 13.1. The van der Waals surface area contributed by atoms with Crippen LogP contribution < -0.4 is 10.6 Å². The molecule has 0 radical (unpaired) electrons. The molecule has 0 saturated carbocycles. The van der Waals surface area contributed by atoms with Crippen molar-refractivity contribution < 1.29 is 9.59 Å². The number of aromatic nitrogens is 1. The van der Waals surface area contributed by atoms with Crippen molar-refractivity contribution in [3.63, 3.8) is 0 Å². The number of nitrogens with zero attached hydrogens (tertiary/aromatic N) is 1. The fourth-order valence-electron chi connectivity index (χ4n) is 2.49. The summed E-state index contributed by atoms with van der Waals surface area (Å²) in [5.74, 6) is -0.348. The summed E-state index contributed by atoms with van der Waals surface area (Å²) in [4.78, 5) is 29.7. The van der Waals surface area contributed by atoms with Gasteiger partial charge in [-0.1, -0.05) is 23.7 Å². The van der Waals surface area contributed by atoms with Crippen molar-refractivity contribution in [1.29, 1.82) is 0 Å². The van der Waals surface area contributed by atoms with Crippen molar-refractivity contribution in [1.82, 2.24) is 4.98 Å². The summed E-state index contributed by atoms with van der Waals surface area (Å²) in [5, 5.41) is 7.98. The van der Waals surface area contributed by atoms with Crippen LogP contribution in [0.25, 0.3) is 0 Å². The normalized spacial score (nSPS) is 10.4. The van der Waals surface area contributed by atoms with E-state index in [0.717, 1.165) is 12.8 Å². The second kappa shape index (κ2) is 9.30. The van der Waals surface area contributed by atoms with Gasteiger partial charge in [-0.25, -0.2) is 4.98 Å². The molecule has 0 aliphatic rings. The van der Waals surface area contributed by atoms with E-state index in [1.165, 1.54) is 11.1 Å². The molecule has 3 rings (SSSR count). The Morgan fingerprint density at radius 2 is 1.93 bits per heavy atom. The average molecular weight is 400 g/mol. The van der Waals surface area contributed by atoms with E-state index in [4.69, 9.17) is 11.6 Å². The Morgan fingerprint density at radius 1 is 1.04 bits per heavy atom. The standard InChI is InChI=1S/C20H18ClN3O2S/c21-18-10-9-16(13-22-18)24-20(26)14-4-1-5-15(12-14)23-19(25)8-2-6-17-7-3-11-27-17/h1,3-5,7,9-13H,2,6,8H2,(H,23,25)(H,24,26). The number of carbonyl (C=O) groups excluding carboxylic acids is 2. The fraction of sp³-hybridized carbons (Fsp3) is 0.150. The van der Waals surface area contributed by atoms with Gasteiger partial charge in [-0.2, -0.15) is 0 Å². The first kappa shape index (κ1) is 19.1. The predicted molar refractivity (Wildman–Crippen MR) is 110 cm³/mol. The molecular formula is C20H18ClN3O2S. The highest BCUT2D eigenvalue weighted by Gasteiger charge is 2.09.